The zero-order chi connectivity index (χ0) is 70.6. The van der Waals surface area contributed by atoms with Gasteiger partial charge in [-0.2, -0.15) is 0 Å². The summed E-state index contributed by atoms with van der Waals surface area (Å²) >= 11 is 12.7. The van der Waals surface area contributed by atoms with Gasteiger partial charge in [-0.1, -0.05) is 126 Å². The molecule has 9 atom stereocenters. The molecule has 2 saturated heterocycles. The molecule has 11 amide bonds. The van der Waals surface area contributed by atoms with Crippen molar-refractivity contribution in [3.8, 4) is 0 Å². The lowest BCUT2D eigenvalue weighted by molar-refractivity contribution is -0.148. The second-order valence-electron chi connectivity index (χ2n) is 26.4. The quantitative estimate of drug-likeness (QED) is 0.145. The fraction of sp³-hybridized carbons (Fsp3) is 0.565. The highest BCUT2D eigenvalue weighted by molar-refractivity contribution is 6.30. The van der Waals surface area contributed by atoms with Crippen LogP contribution in [-0.4, -0.2) is 235 Å². The minimum absolute atomic E-state index is 0.0263. The molecule has 5 N–H and O–H groups in total. The molecule has 3 aromatic carbocycles. The number of amides is 11. The summed E-state index contributed by atoms with van der Waals surface area (Å²) in [5.74, 6) is -8.42. The van der Waals surface area contributed by atoms with Gasteiger partial charge in [0.25, 0.3) is 0 Å². The third-order valence-electron chi connectivity index (χ3n) is 17.8. The summed E-state index contributed by atoms with van der Waals surface area (Å²) in [6.45, 7) is 11.1. The van der Waals surface area contributed by atoms with E-state index in [1.807, 2.05) is 34.6 Å². The van der Waals surface area contributed by atoms with Gasteiger partial charge in [-0.05, 0) is 91.3 Å². The number of halogens is 2. The number of nitrogens with one attached hydrogen (secondary N) is 5. The summed E-state index contributed by atoms with van der Waals surface area (Å²) in [6.07, 6.45) is 1.71. The van der Waals surface area contributed by atoms with Gasteiger partial charge < -0.3 is 65.7 Å². The van der Waals surface area contributed by atoms with Crippen LogP contribution in [0.4, 0.5) is 0 Å². The summed E-state index contributed by atoms with van der Waals surface area (Å²) < 4.78 is 0. The van der Waals surface area contributed by atoms with Crippen LogP contribution < -0.4 is 26.6 Å². The first kappa shape index (κ1) is 77.7. The molecule has 5 rings (SSSR count). The molecule has 0 radical (unpaired) electrons. The Morgan fingerprint density at radius 1 is 0.589 bits per heavy atom. The van der Waals surface area contributed by atoms with E-state index >= 15 is 9.59 Å². The van der Waals surface area contributed by atoms with Crippen molar-refractivity contribution in [1.29, 1.82) is 0 Å². The van der Waals surface area contributed by atoms with Gasteiger partial charge in [0.1, 0.15) is 48.1 Å². The number of aldehydes is 1. The number of carbonyl (C=O) groups excluding carboxylic acids is 12. The molecule has 0 aromatic heterocycles. The minimum Gasteiger partial charge on any atom is -0.342 e. The maximum atomic E-state index is 15.3. The number of benzene rings is 3. The van der Waals surface area contributed by atoms with Crippen molar-refractivity contribution in [3.05, 3.63) is 106 Å². The SMILES string of the molecule is CC[C@H](C)[C@@H]1NC(=O)[C@H](C)N(C)C(=O)C[C@@H](C(=O)N2CCCC2)NC(=O)[C@H](CC(C)C)NC(=O)[C@H](Cc2ccccc2)N(C)C(=O)[C@H](CC(C)C)NC[C@@](C=O)(Cc2cccc(Cl)c2)NC(=O)CN(C)C(=O)[C@H](Cc2ccc(Cl)cc2)N(C)C(=O)CN(C)C(=O)CN(C)C1=O. The van der Waals surface area contributed by atoms with E-state index in [1.54, 1.807) is 90.7 Å². The predicted molar refractivity (Wildman–Crippen MR) is 362 cm³/mol. The first-order chi connectivity index (χ1) is 44.8. The van der Waals surface area contributed by atoms with Gasteiger partial charge in [0.05, 0.1) is 32.1 Å². The normalized spacial score (nSPS) is 24.6. The summed E-state index contributed by atoms with van der Waals surface area (Å²) in [7, 11) is 8.28. The number of likely N-dealkylation sites (tertiary alicyclic amines) is 1. The van der Waals surface area contributed by atoms with Crippen molar-refractivity contribution in [2.24, 2.45) is 17.8 Å². The fourth-order valence-corrected chi connectivity index (χ4v) is 11.9. The molecule has 0 saturated carbocycles. The highest BCUT2D eigenvalue weighted by Crippen LogP contribution is 2.22. The van der Waals surface area contributed by atoms with Crippen molar-refractivity contribution in [2.75, 3.05) is 81.6 Å². The number of carbonyl (C=O) groups is 12. The van der Waals surface area contributed by atoms with E-state index in [4.69, 9.17) is 23.2 Å². The smallest absolute Gasteiger partial charge is 0.245 e. The van der Waals surface area contributed by atoms with E-state index in [2.05, 4.69) is 26.6 Å². The monoisotopic (exact) mass is 1360 g/mol. The molecule has 95 heavy (non-hydrogen) atoms. The van der Waals surface area contributed by atoms with Gasteiger partial charge in [0.15, 0.2) is 0 Å². The molecule has 2 aliphatic rings. The molecule has 0 bridgehead atoms. The van der Waals surface area contributed by atoms with Crippen molar-refractivity contribution in [1.82, 2.24) is 60.9 Å². The number of rotatable bonds is 14. The number of nitrogens with zero attached hydrogens (tertiary/aromatic N) is 7. The summed E-state index contributed by atoms with van der Waals surface area (Å²) in [5, 5.41) is 15.3. The highest BCUT2D eigenvalue weighted by atomic mass is 35.5. The van der Waals surface area contributed by atoms with Gasteiger partial charge in [-0.25, -0.2) is 0 Å². The Morgan fingerprint density at radius 3 is 1.77 bits per heavy atom. The van der Waals surface area contributed by atoms with E-state index in [0.717, 1.165) is 24.5 Å². The van der Waals surface area contributed by atoms with Gasteiger partial charge >= 0.3 is 0 Å². The Hall–Kier alpha value is -7.96. The fourth-order valence-electron chi connectivity index (χ4n) is 11.5. The van der Waals surface area contributed by atoms with Crippen LogP contribution in [0.3, 0.4) is 0 Å². The van der Waals surface area contributed by atoms with Gasteiger partial charge in [0.2, 0.25) is 65.0 Å². The van der Waals surface area contributed by atoms with Crippen LogP contribution in [0.1, 0.15) is 104 Å². The lowest BCUT2D eigenvalue weighted by Gasteiger charge is -2.36. The Morgan fingerprint density at radius 2 is 1.17 bits per heavy atom. The minimum atomic E-state index is -1.82. The van der Waals surface area contributed by atoms with Crippen molar-refractivity contribution in [2.45, 2.75) is 154 Å². The summed E-state index contributed by atoms with van der Waals surface area (Å²) in [4.78, 5) is 182. The first-order valence-corrected chi connectivity index (χ1v) is 33.3. The molecule has 0 spiro atoms. The Kier molecular flexibility index (Phi) is 29.7. The zero-order valence-electron chi connectivity index (χ0n) is 57.2. The molecule has 24 nitrogen and oxygen atoms in total. The van der Waals surface area contributed by atoms with E-state index in [9.17, 15) is 47.9 Å². The number of hydrogen-bond donors (Lipinski definition) is 5. The van der Waals surface area contributed by atoms with Crippen LogP contribution in [0, 0.1) is 17.8 Å². The largest absolute Gasteiger partial charge is 0.342 e. The lowest BCUT2D eigenvalue weighted by atomic mass is 9.90. The van der Waals surface area contributed by atoms with E-state index in [0.29, 0.717) is 65.4 Å². The summed E-state index contributed by atoms with van der Waals surface area (Å²) in [6, 6.07) is 13.3. The van der Waals surface area contributed by atoms with E-state index in [-0.39, 0.29) is 50.5 Å². The Balaban J connectivity index is 1.62. The van der Waals surface area contributed by atoms with Crippen LogP contribution in [-0.2, 0) is 76.8 Å². The molecule has 0 aliphatic carbocycles. The van der Waals surface area contributed by atoms with Crippen molar-refractivity contribution < 1.29 is 57.5 Å². The molecule has 26 heteroatoms. The van der Waals surface area contributed by atoms with E-state index < -0.39 is 145 Å². The molecule has 2 aliphatic heterocycles. The van der Waals surface area contributed by atoms with Crippen LogP contribution in [0.5, 0.6) is 0 Å². The molecule has 520 valence electrons. The first-order valence-electron chi connectivity index (χ1n) is 32.5. The average Bonchev–Trinajstić information content (AvgIpc) is 1.42. The summed E-state index contributed by atoms with van der Waals surface area (Å²) in [5.41, 5.74) is -0.0313. The number of likely N-dealkylation sites (N-methyl/N-ethyl adjacent to an activating group) is 6. The topological polar surface area (TPSA) is 288 Å². The van der Waals surface area contributed by atoms with Crippen LogP contribution in [0.15, 0.2) is 78.9 Å². The second kappa shape index (κ2) is 36.2. The molecule has 3 aromatic rings. The second-order valence-corrected chi connectivity index (χ2v) is 27.2. The standard InChI is InChI=1S/C69H98Cl2N12O12/c1-14-45(6)61-68(95)79(10)39-59(87)77(8)40-60(88)81(12)56(35-48-25-27-50(70)28-26-48)67(94)78(9)38-57(85)76-69(42-84,37-49-23-20-24-51(71)33-49)41-72-53(32-44(4)5)65(92)82(13)55(34-47-21-16-15-17-22-47)64(91)73-52(31-43(2)3)63(90)74-54(66(93)83-29-18-19-30-83)36-58(86)80(11)46(7)62(89)75-61/h15-17,20-28,33,42-46,52-56,61,72H,14,18-19,29-32,34-41H2,1-13H3,(H,73,91)(H,74,90)(H,75,89)(H,76,85)/t45-,46-,52-,53-,54-,55-,56-,61-,69+/m0/s1. The lowest BCUT2D eigenvalue weighted by Crippen LogP contribution is -2.63. The number of hydrogen-bond acceptors (Lipinski definition) is 13. The predicted octanol–water partition coefficient (Wildman–Crippen LogP) is 3.53. The molecule has 0 unspecified atom stereocenters. The van der Waals surface area contributed by atoms with E-state index in [1.165, 1.54) is 54.1 Å². The average molecular weight is 1360 g/mol. The molecular formula is C69H98Cl2N12O12. The Bertz CT molecular complexity index is 3190. The maximum absolute atomic E-state index is 15.3. The molecular weight excluding hydrogens is 1260 g/mol. The van der Waals surface area contributed by atoms with Crippen molar-refractivity contribution in [3.63, 3.8) is 0 Å². The zero-order valence-corrected chi connectivity index (χ0v) is 58.8. The molecule has 2 fully saturated rings. The highest BCUT2D eigenvalue weighted by Gasteiger charge is 2.41. The maximum Gasteiger partial charge on any atom is 0.245 e. The Labute approximate surface area is 569 Å². The van der Waals surface area contributed by atoms with Crippen LogP contribution >= 0.6 is 23.2 Å². The van der Waals surface area contributed by atoms with Gasteiger partial charge in [0, 0.05) is 91.2 Å². The van der Waals surface area contributed by atoms with Gasteiger partial charge in [-0.15, -0.1) is 0 Å². The van der Waals surface area contributed by atoms with Crippen molar-refractivity contribution >= 4 is 94.5 Å². The molecule has 2 heterocycles. The van der Waals surface area contributed by atoms with Crippen LogP contribution in [0.2, 0.25) is 10.0 Å². The van der Waals surface area contributed by atoms with Gasteiger partial charge in [-0.3, -0.25) is 52.7 Å². The third-order valence-corrected chi connectivity index (χ3v) is 18.2. The van der Waals surface area contributed by atoms with Crippen LogP contribution in [0.25, 0.3) is 0 Å². The third kappa shape index (κ3) is 22.6.